The van der Waals surface area contributed by atoms with Crippen LogP contribution in [0.2, 0.25) is 0 Å². The zero-order valence-corrected chi connectivity index (χ0v) is 11.6. The molecular formula is C13H10BrNO2S. The van der Waals surface area contributed by atoms with Gasteiger partial charge >= 0.3 is 0 Å². The van der Waals surface area contributed by atoms with Crippen LogP contribution in [0.1, 0.15) is 5.56 Å². The maximum atomic E-state index is 9.69. The molecule has 2 aromatic rings. The van der Waals surface area contributed by atoms with Crippen molar-refractivity contribution in [3.05, 3.63) is 52.5 Å². The molecule has 0 bridgehead atoms. The highest BCUT2D eigenvalue weighted by molar-refractivity contribution is 9.10. The van der Waals surface area contributed by atoms with E-state index in [0.717, 1.165) is 10.2 Å². The highest BCUT2D eigenvalue weighted by atomic mass is 79.9. The Balaban J connectivity index is 2.19. The van der Waals surface area contributed by atoms with Crippen LogP contribution in [0.25, 0.3) is 0 Å². The number of phenols is 2. The molecule has 0 atom stereocenters. The average molecular weight is 324 g/mol. The van der Waals surface area contributed by atoms with E-state index in [2.05, 4.69) is 21.2 Å². The van der Waals surface area contributed by atoms with Gasteiger partial charge in [-0.3, -0.25) is 0 Å². The Hall–Kier alpha value is -1.59. The molecule has 0 fully saturated rings. The van der Waals surface area contributed by atoms with Crippen molar-refractivity contribution in [2.24, 2.45) is 0 Å². The second-order valence-corrected chi connectivity index (χ2v) is 4.99. The van der Waals surface area contributed by atoms with Crippen LogP contribution < -0.4 is 5.32 Å². The van der Waals surface area contributed by atoms with Crippen LogP contribution in [0.3, 0.4) is 0 Å². The van der Waals surface area contributed by atoms with Crippen LogP contribution in [0.5, 0.6) is 11.5 Å². The van der Waals surface area contributed by atoms with Crippen molar-refractivity contribution in [2.45, 2.75) is 0 Å². The summed E-state index contributed by atoms with van der Waals surface area (Å²) in [6.45, 7) is 0. The molecule has 3 N–H and O–H groups in total. The van der Waals surface area contributed by atoms with Crippen molar-refractivity contribution in [1.82, 2.24) is 0 Å². The van der Waals surface area contributed by atoms with E-state index in [1.165, 1.54) is 12.1 Å². The normalized spacial score (nSPS) is 10.1. The van der Waals surface area contributed by atoms with Crippen molar-refractivity contribution in [3.63, 3.8) is 0 Å². The molecule has 0 unspecified atom stereocenters. The van der Waals surface area contributed by atoms with Crippen LogP contribution in [0.4, 0.5) is 5.69 Å². The van der Waals surface area contributed by atoms with Crippen LogP contribution >= 0.6 is 28.1 Å². The molecule has 0 aromatic heterocycles. The quantitative estimate of drug-likeness (QED) is 0.738. The first-order valence-corrected chi connectivity index (χ1v) is 6.35. The number of anilines is 1. The van der Waals surface area contributed by atoms with Crippen LogP contribution in [-0.2, 0) is 0 Å². The molecule has 18 heavy (non-hydrogen) atoms. The summed E-state index contributed by atoms with van der Waals surface area (Å²) in [5.41, 5.74) is 1.31. The number of phenolic OH excluding ortho intramolecular Hbond substituents is 2. The first-order valence-electron chi connectivity index (χ1n) is 5.15. The van der Waals surface area contributed by atoms with Crippen LogP contribution in [0.15, 0.2) is 46.9 Å². The second kappa shape index (κ2) is 5.37. The Morgan fingerprint density at radius 3 is 2.33 bits per heavy atom. The molecule has 0 radical (unpaired) electrons. The summed E-state index contributed by atoms with van der Waals surface area (Å²) in [5, 5.41) is 21.9. The molecule has 0 saturated carbocycles. The molecule has 0 aliphatic heterocycles. The predicted octanol–water partition coefficient (Wildman–Crippen LogP) is 3.65. The Bertz CT molecular complexity index is 584. The van der Waals surface area contributed by atoms with E-state index >= 15 is 0 Å². The standard InChI is InChI=1S/C13H10BrNO2S/c14-8-1-3-9(4-2-8)15-13(18)11-6-5-10(16)7-12(11)17/h1-7,16-17H,(H,15,18). The van der Waals surface area contributed by atoms with Gasteiger partial charge in [-0.25, -0.2) is 0 Å². The van der Waals surface area contributed by atoms with E-state index in [4.69, 9.17) is 12.2 Å². The minimum Gasteiger partial charge on any atom is -0.508 e. The fourth-order valence-electron chi connectivity index (χ4n) is 1.44. The Kier molecular flexibility index (Phi) is 3.84. The number of benzene rings is 2. The van der Waals surface area contributed by atoms with E-state index in [-0.39, 0.29) is 11.5 Å². The fraction of sp³-hybridized carbons (Fsp3) is 0. The number of aromatic hydroxyl groups is 2. The summed E-state index contributed by atoms with van der Waals surface area (Å²) in [7, 11) is 0. The summed E-state index contributed by atoms with van der Waals surface area (Å²) < 4.78 is 0.978. The lowest BCUT2D eigenvalue weighted by Gasteiger charge is -2.09. The smallest absolute Gasteiger partial charge is 0.129 e. The van der Waals surface area contributed by atoms with Gasteiger partial charge in [-0.2, -0.15) is 0 Å². The molecule has 2 rings (SSSR count). The second-order valence-electron chi connectivity index (χ2n) is 3.66. The number of hydrogen-bond donors (Lipinski definition) is 3. The van der Waals surface area contributed by atoms with Gasteiger partial charge < -0.3 is 15.5 Å². The molecule has 0 aliphatic carbocycles. The lowest BCUT2D eigenvalue weighted by molar-refractivity contribution is 0.450. The summed E-state index contributed by atoms with van der Waals surface area (Å²) in [4.78, 5) is 0.398. The number of nitrogens with one attached hydrogen (secondary N) is 1. The van der Waals surface area contributed by atoms with Gasteiger partial charge in [-0.05, 0) is 36.4 Å². The molecule has 0 heterocycles. The van der Waals surface area contributed by atoms with E-state index in [1.807, 2.05) is 24.3 Å². The third kappa shape index (κ3) is 3.00. The molecule has 0 aliphatic rings. The van der Waals surface area contributed by atoms with E-state index in [1.54, 1.807) is 6.07 Å². The van der Waals surface area contributed by atoms with Crippen LogP contribution in [-0.4, -0.2) is 15.2 Å². The lowest BCUT2D eigenvalue weighted by atomic mass is 10.2. The molecule has 2 aromatic carbocycles. The topological polar surface area (TPSA) is 52.5 Å². The Labute approximate surface area is 118 Å². The predicted molar refractivity (Wildman–Crippen MR) is 79.2 cm³/mol. The number of halogens is 1. The van der Waals surface area contributed by atoms with Gasteiger partial charge in [-0.1, -0.05) is 28.1 Å². The van der Waals surface area contributed by atoms with Gasteiger partial charge in [0.25, 0.3) is 0 Å². The zero-order valence-electron chi connectivity index (χ0n) is 9.22. The Morgan fingerprint density at radius 2 is 1.72 bits per heavy atom. The van der Waals surface area contributed by atoms with Gasteiger partial charge in [0, 0.05) is 16.2 Å². The third-order valence-electron chi connectivity index (χ3n) is 2.33. The summed E-state index contributed by atoms with van der Waals surface area (Å²) in [5.74, 6) is -0.0488. The van der Waals surface area contributed by atoms with Gasteiger partial charge in [-0.15, -0.1) is 0 Å². The summed E-state index contributed by atoms with van der Waals surface area (Å²) in [6.07, 6.45) is 0. The van der Waals surface area contributed by atoms with E-state index < -0.39 is 0 Å². The van der Waals surface area contributed by atoms with E-state index in [0.29, 0.717) is 10.6 Å². The molecular weight excluding hydrogens is 314 g/mol. The molecule has 5 heteroatoms. The molecule has 0 saturated heterocycles. The van der Waals surface area contributed by atoms with Crippen molar-refractivity contribution in [2.75, 3.05) is 5.32 Å². The number of thiocarbonyl (C=S) groups is 1. The summed E-state index contributed by atoms with van der Waals surface area (Å²) >= 11 is 8.55. The van der Waals surface area contributed by atoms with Crippen molar-refractivity contribution >= 4 is 38.8 Å². The maximum Gasteiger partial charge on any atom is 0.129 e. The largest absolute Gasteiger partial charge is 0.508 e. The SMILES string of the molecule is Oc1ccc(C(=S)Nc2ccc(Br)cc2)c(O)c1. The zero-order chi connectivity index (χ0) is 13.1. The first kappa shape index (κ1) is 12.9. The number of hydrogen-bond acceptors (Lipinski definition) is 3. The molecule has 0 spiro atoms. The van der Waals surface area contributed by atoms with Crippen LogP contribution in [0, 0.1) is 0 Å². The van der Waals surface area contributed by atoms with Gasteiger partial charge in [0.15, 0.2) is 0 Å². The van der Waals surface area contributed by atoms with Gasteiger partial charge in [0.2, 0.25) is 0 Å². The summed E-state index contributed by atoms with van der Waals surface area (Å²) in [6, 6.07) is 11.8. The lowest BCUT2D eigenvalue weighted by Crippen LogP contribution is -2.10. The minimum atomic E-state index is -0.0513. The third-order valence-corrected chi connectivity index (χ3v) is 3.18. The average Bonchev–Trinajstić information content (AvgIpc) is 2.32. The maximum absolute atomic E-state index is 9.69. The Morgan fingerprint density at radius 1 is 1.06 bits per heavy atom. The van der Waals surface area contributed by atoms with E-state index in [9.17, 15) is 10.2 Å². The fourth-order valence-corrected chi connectivity index (χ4v) is 2.00. The first-order chi connectivity index (χ1) is 8.56. The molecule has 3 nitrogen and oxygen atoms in total. The van der Waals surface area contributed by atoms with Gasteiger partial charge in [0.05, 0.1) is 5.56 Å². The van der Waals surface area contributed by atoms with Gasteiger partial charge in [0.1, 0.15) is 16.5 Å². The highest BCUT2D eigenvalue weighted by Crippen LogP contribution is 2.24. The van der Waals surface area contributed by atoms with Crippen molar-refractivity contribution in [1.29, 1.82) is 0 Å². The molecule has 0 amide bonds. The van der Waals surface area contributed by atoms with Crippen molar-refractivity contribution < 1.29 is 10.2 Å². The number of rotatable bonds is 2. The minimum absolute atomic E-state index is 0.00249. The monoisotopic (exact) mass is 323 g/mol. The highest BCUT2D eigenvalue weighted by Gasteiger charge is 2.08. The van der Waals surface area contributed by atoms with Crippen molar-refractivity contribution in [3.8, 4) is 11.5 Å². The molecule has 92 valence electrons.